The summed E-state index contributed by atoms with van der Waals surface area (Å²) in [6, 6.07) is 0. The highest BCUT2D eigenvalue weighted by atomic mass is 35.5. The summed E-state index contributed by atoms with van der Waals surface area (Å²) in [5.74, 6) is 1.12. The second-order valence-corrected chi connectivity index (χ2v) is 7.43. The van der Waals surface area contributed by atoms with Crippen molar-refractivity contribution in [1.82, 2.24) is 0 Å². The summed E-state index contributed by atoms with van der Waals surface area (Å²) in [4.78, 5) is -0.244. The molecule has 1 aliphatic rings. The molecule has 1 aliphatic carbocycles. The van der Waals surface area contributed by atoms with Gasteiger partial charge in [-0.2, -0.15) is 0 Å². The van der Waals surface area contributed by atoms with E-state index in [1.165, 1.54) is 6.42 Å². The molecule has 1 rings (SSSR count). The van der Waals surface area contributed by atoms with E-state index in [1.54, 1.807) is 0 Å². The topological polar surface area (TPSA) is 0 Å². The van der Waals surface area contributed by atoms with Gasteiger partial charge >= 0.3 is 0 Å². The lowest BCUT2D eigenvalue weighted by atomic mass is 9.76. The molecule has 13 heavy (non-hydrogen) atoms. The van der Waals surface area contributed by atoms with Crippen molar-refractivity contribution in [3.05, 3.63) is 0 Å². The van der Waals surface area contributed by atoms with Crippen molar-refractivity contribution in [1.29, 1.82) is 0 Å². The molecule has 0 spiro atoms. The van der Waals surface area contributed by atoms with Crippen molar-refractivity contribution >= 4 is 32.4 Å². The second-order valence-electron chi connectivity index (χ2n) is 4.73. The summed E-state index contributed by atoms with van der Waals surface area (Å²) in [5, 5.41) is 0. The molecule has 78 valence electrons. The molecular weight excluding hydrogens is 222 g/mol. The fourth-order valence-electron chi connectivity index (χ4n) is 2.21. The number of alkyl halides is 2. The van der Waals surface area contributed by atoms with Crippen molar-refractivity contribution in [3.8, 4) is 0 Å². The summed E-state index contributed by atoms with van der Waals surface area (Å²) in [6.07, 6.45) is 3.23. The highest BCUT2D eigenvalue weighted by molar-refractivity contribution is 7.23. The van der Waals surface area contributed by atoms with Crippen LogP contribution < -0.4 is 0 Å². The molecule has 1 fully saturated rings. The summed E-state index contributed by atoms with van der Waals surface area (Å²) in [5.41, 5.74) is 0. The Bertz CT molecular complexity index is 191. The van der Waals surface area contributed by atoms with Gasteiger partial charge in [-0.25, -0.2) is 0 Å². The molecule has 0 N–H and O–H groups in total. The van der Waals surface area contributed by atoms with E-state index in [2.05, 4.69) is 30.0 Å². The highest BCUT2D eigenvalue weighted by Gasteiger charge is 2.51. The standard InChI is InChI=1S/C10H19Cl2P/c1-7(2)9(11)5-4-8(3)6-10(9,12)13/h7-8H,4-6,13H2,1-3H3/t8-,9+,10+/m0/s1. The van der Waals surface area contributed by atoms with Gasteiger partial charge in [-0.05, 0) is 31.1 Å². The van der Waals surface area contributed by atoms with Crippen LogP contribution in [0.2, 0.25) is 0 Å². The lowest BCUT2D eigenvalue weighted by Gasteiger charge is -2.48. The first kappa shape index (κ1) is 12.1. The zero-order valence-electron chi connectivity index (χ0n) is 8.61. The van der Waals surface area contributed by atoms with E-state index in [4.69, 9.17) is 23.2 Å². The average molecular weight is 241 g/mol. The molecule has 0 bridgehead atoms. The molecule has 3 heteroatoms. The zero-order chi connectivity index (χ0) is 10.3. The Balaban J connectivity index is 2.86. The minimum Gasteiger partial charge on any atom is -0.117 e. The predicted octanol–water partition coefficient (Wildman–Crippen LogP) is 4.25. The van der Waals surface area contributed by atoms with Gasteiger partial charge < -0.3 is 0 Å². The zero-order valence-corrected chi connectivity index (χ0v) is 11.3. The molecule has 0 aromatic carbocycles. The van der Waals surface area contributed by atoms with Gasteiger partial charge in [0.2, 0.25) is 0 Å². The molecule has 1 saturated carbocycles. The van der Waals surface area contributed by atoms with Crippen LogP contribution in [0, 0.1) is 11.8 Å². The Labute approximate surface area is 94.0 Å². The summed E-state index contributed by atoms with van der Waals surface area (Å²) >= 11 is 13.1. The van der Waals surface area contributed by atoms with Crippen LogP contribution in [-0.4, -0.2) is 9.49 Å². The number of hydrogen-bond donors (Lipinski definition) is 0. The van der Waals surface area contributed by atoms with Crippen molar-refractivity contribution < 1.29 is 0 Å². The largest absolute Gasteiger partial charge is 0.117 e. The van der Waals surface area contributed by atoms with E-state index in [-0.39, 0.29) is 9.49 Å². The first-order chi connectivity index (χ1) is 5.79. The van der Waals surface area contributed by atoms with E-state index < -0.39 is 0 Å². The van der Waals surface area contributed by atoms with Crippen LogP contribution in [0.4, 0.5) is 0 Å². The third-order valence-corrected chi connectivity index (χ3v) is 5.74. The van der Waals surface area contributed by atoms with Gasteiger partial charge in [0.05, 0.1) is 9.49 Å². The number of hydrogen-bond acceptors (Lipinski definition) is 0. The van der Waals surface area contributed by atoms with Gasteiger partial charge in [0.1, 0.15) is 0 Å². The van der Waals surface area contributed by atoms with Gasteiger partial charge in [0, 0.05) is 0 Å². The van der Waals surface area contributed by atoms with Crippen LogP contribution in [0.3, 0.4) is 0 Å². The molecule has 0 aromatic heterocycles. The quantitative estimate of drug-likeness (QED) is 0.475. The maximum Gasteiger partial charge on any atom is 0.0779 e. The van der Waals surface area contributed by atoms with Gasteiger partial charge in [-0.15, -0.1) is 32.4 Å². The third kappa shape index (κ3) is 2.16. The van der Waals surface area contributed by atoms with E-state index in [0.717, 1.165) is 12.8 Å². The molecule has 0 radical (unpaired) electrons. The molecule has 4 atom stereocenters. The number of halogens is 2. The molecule has 0 aliphatic heterocycles. The Morgan fingerprint density at radius 3 is 2.31 bits per heavy atom. The van der Waals surface area contributed by atoms with Crippen LogP contribution in [-0.2, 0) is 0 Å². The van der Waals surface area contributed by atoms with Crippen LogP contribution in [0.15, 0.2) is 0 Å². The molecule has 0 nitrogen and oxygen atoms in total. The molecule has 0 saturated heterocycles. The normalized spacial score (nSPS) is 46.8. The van der Waals surface area contributed by atoms with E-state index in [9.17, 15) is 0 Å². The van der Waals surface area contributed by atoms with Crippen LogP contribution in [0.25, 0.3) is 0 Å². The van der Waals surface area contributed by atoms with Crippen molar-refractivity contribution in [2.24, 2.45) is 11.8 Å². The molecular formula is C10H19Cl2P. The van der Waals surface area contributed by atoms with Crippen molar-refractivity contribution in [3.63, 3.8) is 0 Å². The molecule has 1 unspecified atom stereocenters. The van der Waals surface area contributed by atoms with E-state index in [1.807, 2.05) is 0 Å². The Morgan fingerprint density at radius 2 is 1.92 bits per heavy atom. The monoisotopic (exact) mass is 240 g/mol. The fourth-order valence-corrected chi connectivity index (χ4v) is 3.85. The fraction of sp³-hybridized carbons (Fsp3) is 1.00. The first-order valence-electron chi connectivity index (χ1n) is 4.96. The summed E-state index contributed by atoms with van der Waals surface area (Å²) in [6.45, 7) is 6.56. The van der Waals surface area contributed by atoms with Gasteiger partial charge in [-0.1, -0.05) is 20.8 Å². The van der Waals surface area contributed by atoms with Gasteiger partial charge in [0.15, 0.2) is 0 Å². The minimum absolute atomic E-state index is 0.244. The third-order valence-electron chi connectivity index (χ3n) is 3.25. The second kappa shape index (κ2) is 3.87. The highest BCUT2D eigenvalue weighted by Crippen LogP contribution is 2.55. The van der Waals surface area contributed by atoms with Crippen LogP contribution in [0.1, 0.15) is 40.0 Å². The SMILES string of the molecule is CC(C)[C@]1(Cl)CC[C@H](C)C[C@]1(P)Cl. The van der Waals surface area contributed by atoms with Crippen LogP contribution in [0.5, 0.6) is 0 Å². The molecule has 0 heterocycles. The lowest BCUT2D eigenvalue weighted by Crippen LogP contribution is -2.49. The van der Waals surface area contributed by atoms with Gasteiger partial charge in [-0.3, -0.25) is 0 Å². The Morgan fingerprint density at radius 1 is 1.38 bits per heavy atom. The van der Waals surface area contributed by atoms with Crippen LogP contribution >= 0.6 is 32.4 Å². The van der Waals surface area contributed by atoms with Crippen molar-refractivity contribution in [2.45, 2.75) is 49.5 Å². The lowest BCUT2D eigenvalue weighted by molar-refractivity contribution is 0.248. The number of rotatable bonds is 1. The molecule has 0 aromatic rings. The maximum atomic E-state index is 6.61. The average Bonchev–Trinajstić information content (AvgIpc) is 1.96. The van der Waals surface area contributed by atoms with E-state index in [0.29, 0.717) is 11.8 Å². The van der Waals surface area contributed by atoms with Crippen molar-refractivity contribution in [2.75, 3.05) is 0 Å². The minimum atomic E-state index is -0.319. The maximum absolute atomic E-state index is 6.61. The summed E-state index contributed by atoms with van der Waals surface area (Å²) in [7, 11) is 2.76. The van der Waals surface area contributed by atoms with Gasteiger partial charge in [0.25, 0.3) is 0 Å². The predicted molar refractivity (Wildman–Crippen MR) is 64.7 cm³/mol. The summed E-state index contributed by atoms with van der Waals surface area (Å²) < 4.78 is -0.319. The Hall–Kier alpha value is 1.01. The Kier molecular flexibility index (Phi) is 3.60. The molecule has 0 amide bonds. The first-order valence-corrected chi connectivity index (χ1v) is 6.29. The van der Waals surface area contributed by atoms with E-state index >= 15 is 0 Å². The smallest absolute Gasteiger partial charge is 0.0779 e.